The topological polar surface area (TPSA) is 69.2 Å². The van der Waals surface area contributed by atoms with Crippen LogP contribution in [0, 0.1) is 5.92 Å². The first kappa shape index (κ1) is 12.3. The van der Waals surface area contributed by atoms with Crippen LogP contribution in [0.15, 0.2) is 0 Å². The standard InChI is InChI=1S/C10H15ClN4O2/c1-16-9-13-8(11)14-10(15-9)17-6-7-3-2-4-12-5-7/h7,12H,2-6H2,1H3. The van der Waals surface area contributed by atoms with Crippen LogP contribution in [-0.4, -0.2) is 41.8 Å². The Morgan fingerprint density at radius 1 is 1.35 bits per heavy atom. The second kappa shape index (κ2) is 5.97. The average molecular weight is 259 g/mol. The fraction of sp³-hybridized carbons (Fsp3) is 0.700. The fourth-order valence-corrected chi connectivity index (χ4v) is 1.87. The van der Waals surface area contributed by atoms with Crippen molar-refractivity contribution in [2.45, 2.75) is 12.8 Å². The molecule has 0 radical (unpaired) electrons. The highest BCUT2D eigenvalue weighted by Crippen LogP contribution is 2.15. The second-order valence-corrected chi connectivity index (χ2v) is 4.24. The quantitative estimate of drug-likeness (QED) is 0.866. The highest BCUT2D eigenvalue weighted by Gasteiger charge is 2.15. The normalized spacial score (nSPS) is 20.0. The summed E-state index contributed by atoms with van der Waals surface area (Å²) in [6, 6.07) is 0.384. The van der Waals surface area contributed by atoms with Gasteiger partial charge in [-0.05, 0) is 31.0 Å². The molecule has 0 aliphatic carbocycles. The maximum Gasteiger partial charge on any atom is 0.323 e. The lowest BCUT2D eigenvalue weighted by atomic mass is 10.0. The summed E-state index contributed by atoms with van der Waals surface area (Å²) in [6.07, 6.45) is 2.33. The first-order valence-electron chi connectivity index (χ1n) is 5.57. The van der Waals surface area contributed by atoms with Crippen LogP contribution in [0.4, 0.5) is 0 Å². The molecule has 6 nitrogen and oxygen atoms in total. The van der Waals surface area contributed by atoms with E-state index in [1.807, 2.05) is 0 Å². The van der Waals surface area contributed by atoms with Crippen molar-refractivity contribution in [2.75, 3.05) is 26.8 Å². The number of nitrogens with one attached hydrogen (secondary N) is 1. The van der Waals surface area contributed by atoms with E-state index in [0.29, 0.717) is 12.5 Å². The molecule has 0 spiro atoms. The molecule has 2 rings (SSSR count). The molecule has 0 amide bonds. The van der Waals surface area contributed by atoms with Crippen molar-refractivity contribution in [1.82, 2.24) is 20.3 Å². The minimum atomic E-state index is 0.0774. The molecule has 1 unspecified atom stereocenters. The van der Waals surface area contributed by atoms with E-state index in [4.69, 9.17) is 21.1 Å². The van der Waals surface area contributed by atoms with Crippen LogP contribution in [0.25, 0.3) is 0 Å². The van der Waals surface area contributed by atoms with E-state index in [1.54, 1.807) is 0 Å². The van der Waals surface area contributed by atoms with Crippen molar-refractivity contribution in [1.29, 1.82) is 0 Å². The molecule has 1 N–H and O–H groups in total. The minimum Gasteiger partial charge on any atom is -0.467 e. The zero-order chi connectivity index (χ0) is 12.1. The van der Waals surface area contributed by atoms with Gasteiger partial charge in [-0.15, -0.1) is 4.98 Å². The summed E-state index contributed by atoms with van der Waals surface area (Å²) >= 11 is 5.72. The molecule has 1 aromatic rings. The van der Waals surface area contributed by atoms with Gasteiger partial charge >= 0.3 is 12.0 Å². The molecule has 1 fully saturated rings. The third kappa shape index (κ3) is 3.67. The molecule has 1 saturated heterocycles. The van der Waals surface area contributed by atoms with E-state index >= 15 is 0 Å². The summed E-state index contributed by atoms with van der Waals surface area (Å²) in [6.45, 7) is 2.63. The first-order valence-corrected chi connectivity index (χ1v) is 5.95. The van der Waals surface area contributed by atoms with E-state index in [2.05, 4.69) is 20.3 Å². The zero-order valence-electron chi connectivity index (χ0n) is 9.65. The third-order valence-electron chi connectivity index (χ3n) is 2.60. The van der Waals surface area contributed by atoms with Gasteiger partial charge in [-0.1, -0.05) is 0 Å². The summed E-state index contributed by atoms with van der Waals surface area (Å²) in [4.78, 5) is 11.6. The Hall–Kier alpha value is -1.14. The Morgan fingerprint density at radius 3 is 2.88 bits per heavy atom. The lowest BCUT2D eigenvalue weighted by Gasteiger charge is -2.22. The largest absolute Gasteiger partial charge is 0.467 e. The van der Waals surface area contributed by atoms with Crippen molar-refractivity contribution in [3.05, 3.63) is 5.28 Å². The molecule has 0 saturated carbocycles. The molecule has 1 aliphatic rings. The molecule has 1 aromatic heterocycles. The number of nitrogens with zero attached hydrogens (tertiary/aromatic N) is 3. The summed E-state index contributed by atoms with van der Waals surface area (Å²) in [5.74, 6) is 0.491. The number of rotatable bonds is 4. The van der Waals surface area contributed by atoms with Gasteiger partial charge in [0.15, 0.2) is 0 Å². The second-order valence-electron chi connectivity index (χ2n) is 3.90. The van der Waals surface area contributed by atoms with Gasteiger partial charge in [0.1, 0.15) is 0 Å². The van der Waals surface area contributed by atoms with E-state index in [-0.39, 0.29) is 17.3 Å². The number of halogens is 1. The van der Waals surface area contributed by atoms with Crippen LogP contribution in [0.5, 0.6) is 12.0 Å². The average Bonchev–Trinajstić information content (AvgIpc) is 2.37. The molecule has 0 aromatic carbocycles. The zero-order valence-corrected chi connectivity index (χ0v) is 10.4. The number of methoxy groups -OCH3 is 1. The number of ether oxygens (including phenoxy) is 2. The number of piperidine rings is 1. The molecule has 1 aliphatic heterocycles. The molecule has 2 heterocycles. The van der Waals surface area contributed by atoms with Crippen molar-refractivity contribution in [3.8, 4) is 12.0 Å². The molecule has 94 valence electrons. The van der Waals surface area contributed by atoms with Gasteiger partial charge in [0, 0.05) is 12.5 Å². The van der Waals surface area contributed by atoms with Crippen molar-refractivity contribution in [3.63, 3.8) is 0 Å². The summed E-state index contributed by atoms with van der Waals surface area (Å²) < 4.78 is 10.4. The van der Waals surface area contributed by atoms with Gasteiger partial charge in [-0.25, -0.2) is 0 Å². The van der Waals surface area contributed by atoms with Gasteiger partial charge < -0.3 is 14.8 Å². The van der Waals surface area contributed by atoms with Crippen LogP contribution in [0.1, 0.15) is 12.8 Å². The van der Waals surface area contributed by atoms with Crippen LogP contribution in [0.3, 0.4) is 0 Å². The number of aromatic nitrogens is 3. The molecule has 0 bridgehead atoms. The molecule has 1 atom stereocenters. The molecule has 7 heteroatoms. The maximum absolute atomic E-state index is 5.72. The lowest BCUT2D eigenvalue weighted by Crippen LogP contribution is -2.33. The van der Waals surface area contributed by atoms with Gasteiger partial charge in [0.05, 0.1) is 13.7 Å². The van der Waals surface area contributed by atoms with Gasteiger partial charge in [0.25, 0.3) is 0 Å². The lowest BCUT2D eigenvalue weighted by molar-refractivity contribution is 0.202. The van der Waals surface area contributed by atoms with Crippen molar-refractivity contribution in [2.24, 2.45) is 5.92 Å². The van der Waals surface area contributed by atoms with Crippen LogP contribution in [0.2, 0.25) is 5.28 Å². The van der Waals surface area contributed by atoms with E-state index < -0.39 is 0 Å². The summed E-state index contributed by atoms with van der Waals surface area (Å²) in [7, 11) is 1.47. The molecular weight excluding hydrogens is 244 g/mol. The van der Waals surface area contributed by atoms with Crippen LogP contribution in [-0.2, 0) is 0 Å². The Morgan fingerprint density at radius 2 is 2.18 bits per heavy atom. The monoisotopic (exact) mass is 258 g/mol. The number of hydrogen-bond donors (Lipinski definition) is 1. The van der Waals surface area contributed by atoms with Gasteiger partial charge in [0.2, 0.25) is 5.28 Å². The van der Waals surface area contributed by atoms with Crippen LogP contribution >= 0.6 is 11.6 Å². The van der Waals surface area contributed by atoms with Crippen molar-refractivity contribution >= 4 is 11.6 Å². The third-order valence-corrected chi connectivity index (χ3v) is 2.77. The van der Waals surface area contributed by atoms with Gasteiger partial charge in [-0.3, -0.25) is 0 Å². The Kier molecular flexibility index (Phi) is 4.33. The maximum atomic E-state index is 5.72. The number of hydrogen-bond acceptors (Lipinski definition) is 6. The Balaban J connectivity index is 1.91. The Labute approximate surface area is 105 Å². The van der Waals surface area contributed by atoms with E-state index in [9.17, 15) is 0 Å². The summed E-state index contributed by atoms with van der Waals surface area (Å²) in [5, 5.41) is 3.40. The Bertz CT molecular complexity index is 371. The van der Waals surface area contributed by atoms with E-state index in [0.717, 1.165) is 19.5 Å². The SMILES string of the molecule is COc1nc(Cl)nc(OCC2CCCNC2)n1. The first-order chi connectivity index (χ1) is 8.28. The van der Waals surface area contributed by atoms with Crippen molar-refractivity contribution < 1.29 is 9.47 Å². The fourth-order valence-electron chi connectivity index (χ4n) is 1.73. The molecular formula is C10H15ClN4O2. The predicted octanol–water partition coefficient (Wildman–Crippen LogP) is 0.912. The highest BCUT2D eigenvalue weighted by atomic mass is 35.5. The van der Waals surface area contributed by atoms with Gasteiger partial charge in [-0.2, -0.15) is 9.97 Å². The van der Waals surface area contributed by atoms with E-state index in [1.165, 1.54) is 13.5 Å². The van der Waals surface area contributed by atoms with Crippen LogP contribution < -0.4 is 14.8 Å². The smallest absolute Gasteiger partial charge is 0.323 e. The minimum absolute atomic E-state index is 0.0774. The molecule has 17 heavy (non-hydrogen) atoms. The summed E-state index contributed by atoms with van der Waals surface area (Å²) in [5.41, 5.74) is 0. The highest BCUT2D eigenvalue weighted by molar-refractivity contribution is 6.28. The predicted molar refractivity (Wildman–Crippen MR) is 62.5 cm³/mol.